The molecule has 0 bridgehead atoms. The van der Waals surface area contributed by atoms with Crippen molar-refractivity contribution < 1.29 is 22.0 Å². The van der Waals surface area contributed by atoms with Crippen molar-refractivity contribution in [3.05, 3.63) is 11.8 Å². The Morgan fingerprint density at radius 1 is 1.09 bits per heavy atom. The minimum atomic E-state index is -5.24. The van der Waals surface area contributed by atoms with Gasteiger partial charge in [-0.25, -0.2) is 0 Å². The third-order valence-electron chi connectivity index (χ3n) is 0.823. The molecule has 0 saturated heterocycles. The summed E-state index contributed by atoms with van der Waals surface area (Å²) in [7, 11) is 1.95. The minimum Gasteiger partial charge on any atom is -0.352 e. The highest BCUT2D eigenvalue weighted by molar-refractivity contribution is 5.03. The zero-order valence-electron chi connectivity index (χ0n) is 5.84. The molecule has 1 nitrogen and oxygen atoms in total. The van der Waals surface area contributed by atoms with E-state index in [-0.39, 0.29) is 0 Å². The van der Waals surface area contributed by atoms with Crippen LogP contribution < -0.4 is 0 Å². The van der Waals surface area contributed by atoms with Crippen LogP contribution in [0.15, 0.2) is 11.8 Å². The molecule has 0 aliphatic heterocycles. The first kappa shape index (κ1) is 10.2. The van der Waals surface area contributed by atoms with E-state index in [1.165, 1.54) is 0 Å². The number of rotatable bonds is 1. The number of hydrogen-bond acceptors (Lipinski definition) is 1. The Balaban J connectivity index is 4.67. The van der Waals surface area contributed by atoms with Crippen LogP contribution in [0.25, 0.3) is 0 Å². The van der Waals surface area contributed by atoms with Gasteiger partial charge in [-0.1, -0.05) is 0 Å². The molecule has 0 heterocycles. The van der Waals surface area contributed by atoms with Gasteiger partial charge >= 0.3 is 6.18 Å². The predicted octanol–water partition coefficient (Wildman–Crippen LogP) is 2.22. The Bertz CT molecular complexity index is 168. The largest absolute Gasteiger partial charge is 0.447 e. The monoisotopic (exact) mass is 175 g/mol. The van der Waals surface area contributed by atoms with Crippen LogP contribution in [-0.2, 0) is 0 Å². The molecule has 66 valence electrons. The molecule has 11 heavy (non-hydrogen) atoms. The van der Waals surface area contributed by atoms with Crippen molar-refractivity contribution in [3.63, 3.8) is 0 Å². The summed E-state index contributed by atoms with van der Waals surface area (Å²) in [6.07, 6.45) is -5.24. The quantitative estimate of drug-likeness (QED) is 0.436. The third-order valence-corrected chi connectivity index (χ3v) is 0.823. The second-order valence-corrected chi connectivity index (χ2v) is 2.00. The first-order valence-electron chi connectivity index (χ1n) is 2.56. The smallest absolute Gasteiger partial charge is 0.352 e. The van der Waals surface area contributed by atoms with E-state index in [9.17, 15) is 22.0 Å². The maximum absolute atomic E-state index is 12.1. The van der Waals surface area contributed by atoms with Crippen LogP contribution in [0.3, 0.4) is 0 Å². The van der Waals surface area contributed by atoms with Gasteiger partial charge in [0.15, 0.2) is 0 Å². The summed E-state index contributed by atoms with van der Waals surface area (Å²) in [4.78, 5) is 0.406. The van der Waals surface area contributed by atoms with Gasteiger partial charge in [0.1, 0.15) is 0 Å². The van der Waals surface area contributed by atoms with E-state index in [0.717, 1.165) is 14.1 Å². The summed E-state index contributed by atoms with van der Waals surface area (Å²) in [6.45, 7) is 0. The van der Waals surface area contributed by atoms with Gasteiger partial charge < -0.3 is 4.90 Å². The summed E-state index contributed by atoms with van der Waals surface area (Å²) in [5.41, 5.74) is 0. The molecule has 0 unspecified atom stereocenters. The van der Waals surface area contributed by atoms with E-state index < -0.39 is 18.0 Å². The molecule has 0 rings (SSSR count). The topological polar surface area (TPSA) is 3.24 Å². The van der Waals surface area contributed by atoms with Gasteiger partial charge in [-0.2, -0.15) is 22.0 Å². The van der Waals surface area contributed by atoms with E-state index in [1.54, 1.807) is 0 Å². The van der Waals surface area contributed by atoms with Crippen LogP contribution in [0, 0.1) is 0 Å². The fraction of sp³-hybridized carbons (Fsp3) is 0.600. The molecule has 0 aromatic heterocycles. The Kier molecular flexibility index (Phi) is 2.84. The Labute approximate surface area is 60.1 Å². The van der Waals surface area contributed by atoms with Gasteiger partial charge in [0.05, 0.1) is 0 Å². The highest BCUT2D eigenvalue weighted by Crippen LogP contribution is 2.30. The number of alkyl halides is 3. The molecule has 0 aliphatic rings. The highest BCUT2D eigenvalue weighted by Gasteiger charge is 2.38. The fourth-order valence-electron chi connectivity index (χ4n) is 0.313. The van der Waals surface area contributed by atoms with Crippen molar-refractivity contribution in [1.29, 1.82) is 0 Å². The third kappa shape index (κ3) is 2.73. The van der Waals surface area contributed by atoms with Crippen LogP contribution in [0.1, 0.15) is 0 Å². The van der Waals surface area contributed by atoms with E-state index in [4.69, 9.17) is 0 Å². The maximum Gasteiger partial charge on any atom is 0.447 e. The zero-order chi connectivity index (χ0) is 9.23. The number of hydrogen-bond donors (Lipinski definition) is 0. The molecule has 6 heteroatoms. The van der Waals surface area contributed by atoms with Crippen LogP contribution in [0.2, 0.25) is 0 Å². The van der Waals surface area contributed by atoms with Gasteiger partial charge in [-0.3, -0.25) is 0 Å². The van der Waals surface area contributed by atoms with Gasteiger partial charge in [-0.05, 0) is 0 Å². The molecular weight excluding hydrogens is 169 g/mol. The standard InChI is InChI=1S/C5H6F5N/c1-11(2)4(7)3(6)5(8,9)10/h1-2H3. The first-order chi connectivity index (χ1) is 4.76. The summed E-state index contributed by atoms with van der Waals surface area (Å²) in [6, 6.07) is 0. The average Bonchev–Trinajstić information content (AvgIpc) is 1.82. The molecule has 0 radical (unpaired) electrons. The Morgan fingerprint density at radius 3 is 1.55 bits per heavy atom. The lowest BCUT2D eigenvalue weighted by Gasteiger charge is -2.11. The van der Waals surface area contributed by atoms with Crippen molar-refractivity contribution in [2.75, 3.05) is 14.1 Å². The lowest BCUT2D eigenvalue weighted by Crippen LogP contribution is -2.17. The molecule has 0 N–H and O–H groups in total. The lowest BCUT2D eigenvalue weighted by molar-refractivity contribution is -0.113. The van der Waals surface area contributed by atoms with Gasteiger partial charge in [0, 0.05) is 14.1 Å². The SMILES string of the molecule is CN(C)C(F)=C(F)C(F)(F)F. The maximum atomic E-state index is 12.1. The predicted molar refractivity (Wildman–Crippen MR) is 29.0 cm³/mol. The number of halogens is 5. The van der Waals surface area contributed by atoms with Crippen LogP contribution >= 0.6 is 0 Å². The van der Waals surface area contributed by atoms with Crippen molar-refractivity contribution in [2.45, 2.75) is 6.18 Å². The second kappa shape index (κ2) is 3.06. The van der Waals surface area contributed by atoms with Crippen molar-refractivity contribution in [3.8, 4) is 0 Å². The van der Waals surface area contributed by atoms with Gasteiger partial charge in [0.25, 0.3) is 5.83 Å². The molecule has 0 aromatic carbocycles. The molecule has 0 amide bonds. The summed E-state index contributed by atoms with van der Waals surface area (Å²) in [5.74, 6) is -4.62. The number of nitrogens with zero attached hydrogens (tertiary/aromatic N) is 1. The van der Waals surface area contributed by atoms with Crippen molar-refractivity contribution >= 4 is 0 Å². The zero-order valence-corrected chi connectivity index (χ0v) is 5.84. The van der Waals surface area contributed by atoms with Crippen LogP contribution in [0.5, 0.6) is 0 Å². The van der Waals surface area contributed by atoms with Gasteiger partial charge in [0.2, 0.25) is 5.95 Å². The Hall–Kier alpha value is -0.810. The summed E-state index contributed by atoms with van der Waals surface area (Å²) in [5, 5.41) is 0. The molecule has 0 spiro atoms. The van der Waals surface area contributed by atoms with Crippen molar-refractivity contribution in [2.24, 2.45) is 0 Å². The average molecular weight is 175 g/mol. The van der Waals surface area contributed by atoms with Crippen LogP contribution in [0.4, 0.5) is 22.0 Å². The fourth-order valence-corrected chi connectivity index (χ4v) is 0.313. The molecule has 0 saturated carbocycles. The van der Waals surface area contributed by atoms with E-state index in [0.29, 0.717) is 4.90 Å². The Morgan fingerprint density at radius 2 is 1.45 bits per heavy atom. The summed E-state index contributed by atoms with van der Waals surface area (Å²) < 4.78 is 58.1. The second-order valence-electron chi connectivity index (χ2n) is 2.00. The first-order valence-corrected chi connectivity index (χ1v) is 2.56. The van der Waals surface area contributed by atoms with E-state index >= 15 is 0 Å². The molecule has 0 aromatic rings. The number of allylic oxidation sites excluding steroid dienone is 1. The molecule has 0 atom stereocenters. The summed E-state index contributed by atoms with van der Waals surface area (Å²) >= 11 is 0. The molecule has 0 fully saturated rings. The molecule has 0 aliphatic carbocycles. The highest BCUT2D eigenvalue weighted by atomic mass is 19.4. The lowest BCUT2D eigenvalue weighted by atomic mass is 10.5. The minimum absolute atomic E-state index is 0.406. The molecular formula is C5H6F5N. The normalized spacial score (nSPS) is 14.5. The van der Waals surface area contributed by atoms with Gasteiger partial charge in [-0.15, -0.1) is 0 Å². The van der Waals surface area contributed by atoms with E-state index in [2.05, 4.69) is 0 Å². The van der Waals surface area contributed by atoms with Crippen molar-refractivity contribution in [1.82, 2.24) is 4.90 Å². The van der Waals surface area contributed by atoms with E-state index in [1.807, 2.05) is 0 Å². The van der Waals surface area contributed by atoms with Crippen LogP contribution in [-0.4, -0.2) is 25.2 Å².